The fraction of sp³-hybridized carbons (Fsp3) is 0.857. The summed E-state index contributed by atoms with van der Waals surface area (Å²) in [5.41, 5.74) is 0. The third-order valence-corrected chi connectivity index (χ3v) is 3.26. The van der Waals surface area contributed by atoms with E-state index >= 15 is 0 Å². The number of carbonyl (C=O) groups excluding carboxylic acids is 1. The van der Waals surface area contributed by atoms with Crippen molar-refractivity contribution < 1.29 is 9.90 Å². The van der Waals surface area contributed by atoms with E-state index in [-0.39, 0.29) is 11.7 Å². The molecule has 0 rings (SSSR count). The predicted molar refractivity (Wildman–Crippen MR) is 52.2 cm³/mol. The Labute approximate surface area is 76.1 Å². The van der Waals surface area contributed by atoms with Crippen molar-refractivity contribution in [3.05, 3.63) is 0 Å². The summed E-state index contributed by atoms with van der Waals surface area (Å²) in [5, 5.41) is 8.69. The minimum atomic E-state index is 0.233. The Morgan fingerprint density at radius 1 is 1.36 bits per heavy atom. The zero-order valence-corrected chi connectivity index (χ0v) is 8.34. The highest BCUT2D eigenvalue weighted by Crippen LogP contribution is 2.08. The first-order chi connectivity index (χ1) is 5.31. The van der Waals surface area contributed by atoms with E-state index in [1.54, 1.807) is 11.8 Å². The molecule has 0 aromatic heterocycles. The van der Waals surface area contributed by atoms with E-state index in [0.29, 0.717) is 6.42 Å². The lowest BCUT2D eigenvalue weighted by molar-refractivity contribution is -0.110. The van der Waals surface area contributed by atoms with Gasteiger partial charge in [0.1, 0.15) is 0 Å². The smallest absolute Gasteiger partial charge is 0.188 e. The van der Waals surface area contributed by atoms with E-state index < -0.39 is 0 Å². The summed E-state index contributed by atoms with van der Waals surface area (Å²) in [7, 11) is 0. The average molecular weight is 194 g/mol. The Kier molecular flexibility index (Phi) is 8.68. The number of carbonyl (C=O) groups is 1. The molecule has 0 radical (unpaired) electrons. The van der Waals surface area contributed by atoms with E-state index in [2.05, 4.69) is 0 Å². The van der Waals surface area contributed by atoms with Gasteiger partial charge in [-0.1, -0.05) is 18.7 Å². The fourth-order valence-electron chi connectivity index (χ4n) is 0.483. The summed E-state index contributed by atoms with van der Waals surface area (Å²) in [6.07, 6.45) is 0.620. The van der Waals surface area contributed by atoms with Crippen LogP contribution in [0.3, 0.4) is 0 Å². The Bertz CT molecular complexity index is 107. The normalized spacial score (nSPS) is 10.0. The summed E-state index contributed by atoms with van der Waals surface area (Å²) >= 11 is 3.07. The Morgan fingerprint density at radius 3 is 2.64 bits per heavy atom. The van der Waals surface area contributed by atoms with E-state index in [1.807, 2.05) is 6.92 Å². The summed E-state index contributed by atoms with van der Waals surface area (Å²) in [5.74, 6) is 2.61. The number of aliphatic hydroxyl groups excluding tert-OH is 1. The van der Waals surface area contributed by atoms with Gasteiger partial charge in [0, 0.05) is 23.7 Å². The van der Waals surface area contributed by atoms with E-state index in [4.69, 9.17) is 5.11 Å². The Balaban J connectivity index is 2.95. The molecule has 0 saturated heterocycles. The van der Waals surface area contributed by atoms with Crippen molar-refractivity contribution in [2.24, 2.45) is 0 Å². The summed E-state index contributed by atoms with van der Waals surface area (Å²) in [6.45, 7) is 2.10. The standard InChI is InChI=1S/C7H14O2S2/c1-2-7(9)11-6-5-10-4-3-8/h8H,2-6H2,1H3. The predicted octanol–water partition coefficient (Wildman–Crippen LogP) is 1.38. The molecule has 1 N–H and O–H groups in total. The van der Waals surface area contributed by atoms with Crippen LogP contribution < -0.4 is 0 Å². The lowest BCUT2D eigenvalue weighted by Crippen LogP contribution is -1.94. The topological polar surface area (TPSA) is 37.3 Å². The maximum absolute atomic E-state index is 10.7. The third-order valence-electron chi connectivity index (χ3n) is 1.02. The van der Waals surface area contributed by atoms with Crippen LogP contribution in [0.1, 0.15) is 13.3 Å². The van der Waals surface area contributed by atoms with Gasteiger partial charge in [-0.2, -0.15) is 11.8 Å². The van der Waals surface area contributed by atoms with Gasteiger partial charge in [-0.05, 0) is 0 Å². The van der Waals surface area contributed by atoms with Gasteiger partial charge in [0.05, 0.1) is 6.61 Å². The largest absolute Gasteiger partial charge is 0.396 e. The molecule has 4 heteroatoms. The molecule has 0 saturated carbocycles. The minimum absolute atomic E-state index is 0.233. The average Bonchev–Trinajstić information content (AvgIpc) is 2.04. The molecule has 0 aromatic carbocycles. The monoisotopic (exact) mass is 194 g/mol. The van der Waals surface area contributed by atoms with Crippen molar-refractivity contribution in [3.8, 4) is 0 Å². The van der Waals surface area contributed by atoms with E-state index in [0.717, 1.165) is 17.3 Å². The molecule has 0 aliphatic rings. The Hall–Kier alpha value is 0.330. The van der Waals surface area contributed by atoms with Gasteiger partial charge in [-0.15, -0.1) is 0 Å². The molecule has 0 aliphatic heterocycles. The number of aliphatic hydroxyl groups is 1. The lowest BCUT2D eigenvalue weighted by atomic mass is 10.6. The van der Waals surface area contributed by atoms with Gasteiger partial charge >= 0.3 is 0 Å². The van der Waals surface area contributed by atoms with Crippen LogP contribution in [0.2, 0.25) is 0 Å². The molecule has 0 fully saturated rings. The lowest BCUT2D eigenvalue weighted by Gasteiger charge is -1.97. The van der Waals surface area contributed by atoms with Crippen molar-refractivity contribution >= 4 is 28.6 Å². The maximum atomic E-state index is 10.7. The zero-order chi connectivity index (χ0) is 8.53. The summed E-state index contributed by atoms with van der Waals surface area (Å²) in [6, 6.07) is 0. The summed E-state index contributed by atoms with van der Waals surface area (Å²) in [4.78, 5) is 10.7. The van der Waals surface area contributed by atoms with Gasteiger partial charge in [0.2, 0.25) is 0 Å². The summed E-state index contributed by atoms with van der Waals surface area (Å²) < 4.78 is 0. The molecule has 0 heterocycles. The van der Waals surface area contributed by atoms with Crippen LogP contribution in [0.4, 0.5) is 0 Å². The molecule has 0 amide bonds. The van der Waals surface area contributed by atoms with Crippen molar-refractivity contribution in [2.45, 2.75) is 13.3 Å². The van der Waals surface area contributed by atoms with Crippen molar-refractivity contribution in [2.75, 3.05) is 23.9 Å². The minimum Gasteiger partial charge on any atom is -0.396 e. The highest BCUT2D eigenvalue weighted by atomic mass is 32.2. The van der Waals surface area contributed by atoms with Crippen molar-refractivity contribution in [1.29, 1.82) is 0 Å². The van der Waals surface area contributed by atoms with Crippen molar-refractivity contribution in [1.82, 2.24) is 0 Å². The van der Waals surface area contributed by atoms with Crippen LogP contribution in [0, 0.1) is 0 Å². The molecule has 11 heavy (non-hydrogen) atoms. The number of thioether (sulfide) groups is 2. The highest BCUT2D eigenvalue weighted by molar-refractivity contribution is 8.14. The first-order valence-corrected chi connectivity index (χ1v) is 5.79. The highest BCUT2D eigenvalue weighted by Gasteiger charge is 1.97. The van der Waals surface area contributed by atoms with Crippen LogP contribution >= 0.6 is 23.5 Å². The van der Waals surface area contributed by atoms with Crippen LogP contribution in [0.15, 0.2) is 0 Å². The molecule has 0 bridgehead atoms. The van der Waals surface area contributed by atoms with Gasteiger partial charge in [-0.3, -0.25) is 4.79 Å². The quantitative estimate of drug-likeness (QED) is 0.648. The number of rotatable bonds is 6. The zero-order valence-electron chi connectivity index (χ0n) is 6.71. The second kappa shape index (κ2) is 8.43. The first kappa shape index (κ1) is 11.3. The van der Waals surface area contributed by atoms with Gasteiger partial charge in [0.25, 0.3) is 0 Å². The molecule has 2 nitrogen and oxygen atoms in total. The van der Waals surface area contributed by atoms with Crippen molar-refractivity contribution in [3.63, 3.8) is 0 Å². The van der Waals surface area contributed by atoms with E-state index in [9.17, 15) is 4.79 Å². The van der Waals surface area contributed by atoms with Crippen LogP contribution in [0.25, 0.3) is 0 Å². The van der Waals surface area contributed by atoms with E-state index in [1.165, 1.54) is 11.8 Å². The second-order valence-electron chi connectivity index (χ2n) is 1.91. The van der Waals surface area contributed by atoms with Gasteiger partial charge in [-0.25, -0.2) is 0 Å². The molecular formula is C7H14O2S2. The Morgan fingerprint density at radius 2 is 2.09 bits per heavy atom. The molecule has 0 unspecified atom stereocenters. The second-order valence-corrected chi connectivity index (χ2v) is 4.29. The molecule has 0 aromatic rings. The van der Waals surface area contributed by atoms with Crippen LogP contribution in [-0.4, -0.2) is 34.1 Å². The SMILES string of the molecule is CCC(=O)SCCSCCO. The first-order valence-electron chi connectivity index (χ1n) is 3.65. The van der Waals surface area contributed by atoms with Gasteiger partial charge in [0.15, 0.2) is 5.12 Å². The molecule has 0 spiro atoms. The fourth-order valence-corrected chi connectivity index (χ4v) is 2.05. The van der Waals surface area contributed by atoms with Crippen LogP contribution in [0.5, 0.6) is 0 Å². The molecule has 0 aliphatic carbocycles. The maximum Gasteiger partial charge on any atom is 0.188 e. The van der Waals surface area contributed by atoms with Gasteiger partial charge < -0.3 is 5.11 Å². The third kappa shape index (κ3) is 8.23. The molecule has 0 atom stereocenters. The number of hydrogen-bond donors (Lipinski definition) is 1. The number of hydrogen-bond acceptors (Lipinski definition) is 4. The molecule has 66 valence electrons. The van der Waals surface area contributed by atoms with Crippen LogP contribution in [-0.2, 0) is 4.79 Å². The molecular weight excluding hydrogens is 180 g/mol.